The third kappa shape index (κ3) is 5.57. The molecule has 0 spiro atoms. The number of carbonyl (C=O) groups excluding carboxylic acids is 2. The van der Waals surface area contributed by atoms with Crippen molar-refractivity contribution in [3.8, 4) is 0 Å². The number of nitrogens with zero attached hydrogens (tertiary/aromatic N) is 2. The maximum Gasteiger partial charge on any atom is 0.426 e. The summed E-state index contributed by atoms with van der Waals surface area (Å²) in [5, 5.41) is 8.26. The lowest BCUT2D eigenvalue weighted by Crippen LogP contribution is -2.54. The van der Waals surface area contributed by atoms with Crippen LogP contribution in [0.3, 0.4) is 0 Å². The third-order valence-corrected chi connectivity index (χ3v) is 4.72. The van der Waals surface area contributed by atoms with Crippen LogP contribution in [0.25, 0.3) is 0 Å². The number of likely N-dealkylation sites (tertiary alicyclic amines) is 1. The highest BCUT2D eigenvalue weighted by Gasteiger charge is 2.34. The lowest BCUT2D eigenvalue weighted by molar-refractivity contribution is 0.0827. The molecule has 0 aromatic heterocycles. The predicted octanol–water partition coefficient (Wildman–Crippen LogP) is 3.10. The molecule has 0 saturated carbocycles. The molecule has 158 valence electrons. The molecule has 0 aliphatic carbocycles. The highest BCUT2D eigenvalue weighted by atomic mass is 16.6. The zero-order valence-electron chi connectivity index (χ0n) is 16.8. The largest absolute Gasteiger partial charge is 0.444 e. The molecule has 2 amide bonds. The number of carbonyl (C=O) groups is 2. The molecule has 8 nitrogen and oxygen atoms in total. The molecule has 1 heterocycles. The smallest absolute Gasteiger partial charge is 0.426 e. The zero-order valence-corrected chi connectivity index (χ0v) is 16.8. The fourth-order valence-corrected chi connectivity index (χ4v) is 2.95. The zero-order chi connectivity index (χ0) is 21.3. The van der Waals surface area contributed by atoms with Crippen molar-refractivity contribution in [2.45, 2.75) is 26.1 Å². The number of hydrogen-bond donors (Lipinski definition) is 2. The molecule has 3 N–H and O–H groups in total. The summed E-state index contributed by atoms with van der Waals surface area (Å²) in [5.74, 6) is -0.235. The van der Waals surface area contributed by atoms with Crippen LogP contribution >= 0.6 is 0 Å². The topological polar surface area (TPSA) is 109 Å². The van der Waals surface area contributed by atoms with Crippen molar-refractivity contribution in [3.63, 3.8) is 0 Å². The first-order chi connectivity index (χ1) is 14.6. The molecule has 0 bridgehead atoms. The van der Waals surface area contributed by atoms with Gasteiger partial charge in [-0.25, -0.2) is 9.59 Å². The van der Waals surface area contributed by atoms with Crippen molar-refractivity contribution in [1.82, 2.24) is 9.80 Å². The fourth-order valence-electron chi connectivity index (χ4n) is 2.95. The molecule has 3 rings (SSSR count). The minimum atomic E-state index is -0.936. The van der Waals surface area contributed by atoms with Crippen LogP contribution in [-0.4, -0.2) is 47.6 Å². The second kappa shape index (κ2) is 10.4. The Morgan fingerprint density at radius 2 is 1.53 bits per heavy atom. The summed E-state index contributed by atoms with van der Waals surface area (Å²) in [4.78, 5) is 27.6. The van der Waals surface area contributed by atoms with E-state index in [1.165, 1.54) is 0 Å². The third-order valence-electron chi connectivity index (χ3n) is 4.72. The van der Waals surface area contributed by atoms with E-state index in [9.17, 15) is 9.59 Å². The molecule has 1 fully saturated rings. The van der Waals surface area contributed by atoms with Gasteiger partial charge in [-0.15, -0.1) is 4.90 Å². The number of benzene rings is 2. The lowest BCUT2D eigenvalue weighted by atomic mass is 10.1. The van der Waals surface area contributed by atoms with E-state index in [4.69, 9.17) is 20.6 Å². The van der Waals surface area contributed by atoms with Crippen molar-refractivity contribution in [2.24, 2.45) is 5.73 Å². The Kier molecular flexibility index (Phi) is 7.40. The lowest BCUT2D eigenvalue weighted by Gasteiger charge is -2.35. The summed E-state index contributed by atoms with van der Waals surface area (Å²) in [6, 6.07) is 16.7. The van der Waals surface area contributed by atoms with E-state index in [0.29, 0.717) is 24.5 Å². The first-order valence-corrected chi connectivity index (χ1v) is 9.87. The van der Waals surface area contributed by atoms with Crippen molar-refractivity contribution in [3.05, 3.63) is 71.3 Å². The Morgan fingerprint density at radius 3 is 2.13 bits per heavy atom. The molecule has 0 radical (unpaired) electrons. The van der Waals surface area contributed by atoms with Crippen LogP contribution in [0.1, 0.15) is 23.1 Å². The highest BCUT2D eigenvalue weighted by molar-refractivity contribution is 6.06. The van der Waals surface area contributed by atoms with Gasteiger partial charge in [0.1, 0.15) is 13.2 Å². The van der Waals surface area contributed by atoms with Crippen LogP contribution in [-0.2, 0) is 29.1 Å². The van der Waals surface area contributed by atoms with Crippen molar-refractivity contribution in [2.75, 3.05) is 19.6 Å². The SMILES string of the molecule is N=C(N1CCC1)N(C(=O)OCc1ccccc1)C(=O)OCc1cccc(CCN)c1. The van der Waals surface area contributed by atoms with Gasteiger partial charge in [-0.05, 0) is 36.1 Å². The van der Waals surface area contributed by atoms with Crippen molar-refractivity contribution < 1.29 is 19.1 Å². The first-order valence-electron chi connectivity index (χ1n) is 9.87. The molecule has 30 heavy (non-hydrogen) atoms. The van der Waals surface area contributed by atoms with Gasteiger partial charge in [0.05, 0.1) is 0 Å². The van der Waals surface area contributed by atoms with Gasteiger partial charge in [0, 0.05) is 13.1 Å². The van der Waals surface area contributed by atoms with Gasteiger partial charge in [0.15, 0.2) is 0 Å². The number of guanidine groups is 1. The monoisotopic (exact) mass is 410 g/mol. The maximum atomic E-state index is 12.7. The van der Waals surface area contributed by atoms with Gasteiger partial charge < -0.3 is 20.1 Å². The van der Waals surface area contributed by atoms with Crippen LogP contribution in [0.4, 0.5) is 9.59 Å². The van der Waals surface area contributed by atoms with Gasteiger partial charge in [-0.2, -0.15) is 0 Å². The number of hydrogen-bond acceptors (Lipinski definition) is 6. The Labute approximate surface area is 175 Å². The molecule has 0 unspecified atom stereocenters. The molecule has 2 aromatic rings. The van der Waals surface area contributed by atoms with Gasteiger partial charge in [-0.1, -0.05) is 54.6 Å². The Bertz CT molecular complexity index is 884. The highest BCUT2D eigenvalue weighted by Crippen LogP contribution is 2.14. The van der Waals surface area contributed by atoms with Gasteiger partial charge in [0.2, 0.25) is 5.96 Å². The summed E-state index contributed by atoms with van der Waals surface area (Å²) in [6.07, 6.45) is -0.246. The molecule has 8 heteroatoms. The van der Waals surface area contributed by atoms with Gasteiger partial charge in [0.25, 0.3) is 0 Å². The molecule has 2 aromatic carbocycles. The summed E-state index contributed by atoms with van der Waals surface area (Å²) < 4.78 is 10.6. The van der Waals surface area contributed by atoms with Crippen LogP contribution in [0.15, 0.2) is 54.6 Å². The second-order valence-electron chi connectivity index (χ2n) is 6.95. The fraction of sp³-hybridized carbons (Fsp3) is 0.318. The average molecular weight is 410 g/mol. The van der Waals surface area contributed by atoms with Crippen molar-refractivity contribution >= 4 is 18.1 Å². The van der Waals surface area contributed by atoms with E-state index in [-0.39, 0.29) is 19.2 Å². The van der Waals surface area contributed by atoms with Crippen LogP contribution in [0.5, 0.6) is 0 Å². The Hall–Kier alpha value is -3.39. The summed E-state index contributed by atoms with van der Waals surface area (Å²) >= 11 is 0. The standard InChI is InChI=1S/C22H26N4O4/c23-11-10-17-8-4-9-19(14-17)16-30-22(28)26(20(24)25-12-5-13-25)21(27)29-15-18-6-2-1-3-7-18/h1-4,6-9,14,24H,5,10-13,15-16,23H2. The average Bonchev–Trinajstić information content (AvgIpc) is 2.71. The summed E-state index contributed by atoms with van der Waals surface area (Å²) in [6.45, 7) is 1.72. The maximum absolute atomic E-state index is 12.7. The van der Waals surface area contributed by atoms with Crippen LogP contribution in [0, 0.1) is 5.41 Å². The quantitative estimate of drug-likeness (QED) is 0.559. The van der Waals surface area contributed by atoms with Crippen LogP contribution < -0.4 is 5.73 Å². The second-order valence-corrected chi connectivity index (χ2v) is 6.95. The molecule has 1 aliphatic rings. The van der Waals surface area contributed by atoms with E-state index in [0.717, 1.165) is 29.5 Å². The number of nitrogens with one attached hydrogen (secondary N) is 1. The number of imide groups is 1. The Balaban J connectivity index is 1.64. The minimum absolute atomic E-state index is 0.00212. The van der Waals surface area contributed by atoms with E-state index in [1.807, 2.05) is 54.6 Å². The molecule has 1 aliphatic heterocycles. The van der Waals surface area contributed by atoms with Crippen LogP contribution in [0.2, 0.25) is 0 Å². The van der Waals surface area contributed by atoms with E-state index in [2.05, 4.69) is 0 Å². The molecular weight excluding hydrogens is 384 g/mol. The van der Waals surface area contributed by atoms with E-state index in [1.54, 1.807) is 4.90 Å². The normalized spacial score (nSPS) is 12.6. The van der Waals surface area contributed by atoms with Gasteiger partial charge in [-0.3, -0.25) is 5.41 Å². The minimum Gasteiger partial charge on any atom is -0.444 e. The van der Waals surface area contributed by atoms with E-state index < -0.39 is 12.2 Å². The molecular formula is C22H26N4O4. The Morgan fingerprint density at radius 1 is 0.933 bits per heavy atom. The molecule has 1 saturated heterocycles. The van der Waals surface area contributed by atoms with Gasteiger partial charge >= 0.3 is 12.2 Å². The molecule has 0 atom stereocenters. The first kappa shape index (κ1) is 21.3. The number of amides is 2. The predicted molar refractivity (Wildman–Crippen MR) is 112 cm³/mol. The van der Waals surface area contributed by atoms with E-state index >= 15 is 0 Å². The number of nitrogens with two attached hydrogens (primary N) is 1. The van der Waals surface area contributed by atoms with Crippen molar-refractivity contribution in [1.29, 1.82) is 5.41 Å². The number of ether oxygens (including phenoxy) is 2. The summed E-state index contributed by atoms with van der Waals surface area (Å²) in [7, 11) is 0. The number of rotatable bonds is 6. The summed E-state index contributed by atoms with van der Waals surface area (Å²) in [5.41, 5.74) is 8.19.